The number of carbonyl (C=O) groups is 1. The van der Waals surface area contributed by atoms with Crippen molar-refractivity contribution in [1.29, 1.82) is 0 Å². The number of amides is 1. The Labute approximate surface area is 177 Å². The highest BCUT2D eigenvalue weighted by atomic mass is 127. The molecule has 0 aromatic heterocycles. The molecule has 7 nitrogen and oxygen atoms in total. The predicted octanol–water partition coefficient (Wildman–Crippen LogP) is 1.70. The van der Waals surface area contributed by atoms with Crippen LogP contribution in [0.15, 0.2) is 23.2 Å². The van der Waals surface area contributed by atoms with Gasteiger partial charge in [0, 0.05) is 46.0 Å². The second-order valence-corrected chi connectivity index (χ2v) is 5.60. The molecular formula is C18H30FIN4O3. The number of nitrogens with zero attached hydrogens (tertiary/aromatic N) is 1. The zero-order chi connectivity index (χ0) is 19.2. The van der Waals surface area contributed by atoms with Crippen molar-refractivity contribution in [3.05, 3.63) is 35.1 Å². The highest BCUT2D eigenvalue weighted by molar-refractivity contribution is 14.0. The van der Waals surface area contributed by atoms with Crippen LogP contribution in [0.1, 0.15) is 22.3 Å². The summed E-state index contributed by atoms with van der Waals surface area (Å²) in [5, 5.41) is 8.99. The zero-order valence-electron chi connectivity index (χ0n) is 16.1. The highest BCUT2D eigenvalue weighted by Crippen LogP contribution is 2.08. The van der Waals surface area contributed by atoms with Crippen LogP contribution in [0.3, 0.4) is 0 Å². The predicted molar refractivity (Wildman–Crippen MR) is 116 cm³/mol. The monoisotopic (exact) mass is 496 g/mol. The molecule has 0 aliphatic rings. The zero-order valence-corrected chi connectivity index (χ0v) is 18.5. The Morgan fingerprint density at radius 2 is 1.81 bits per heavy atom. The lowest BCUT2D eigenvalue weighted by molar-refractivity contribution is 0.0698. The molecule has 0 radical (unpaired) electrons. The standard InChI is InChI=1S/C18H29FN4O3.HI/c1-14-5-6-15(13-16(14)19)17(24)21-8-9-23-18(20-2)22-7-4-10-26-12-11-25-3;/h5-6,13H,4,7-12H2,1-3H3,(H,21,24)(H2,20,22,23);1H. The minimum absolute atomic E-state index is 0. The second-order valence-electron chi connectivity index (χ2n) is 5.60. The number of guanidine groups is 1. The van der Waals surface area contributed by atoms with Gasteiger partial charge in [-0.25, -0.2) is 4.39 Å². The molecule has 0 atom stereocenters. The van der Waals surface area contributed by atoms with Crippen molar-refractivity contribution in [3.63, 3.8) is 0 Å². The molecule has 27 heavy (non-hydrogen) atoms. The molecule has 9 heteroatoms. The van der Waals surface area contributed by atoms with Gasteiger partial charge < -0.3 is 25.4 Å². The largest absolute Gasteiger partial charge is 0.382 e. The maximum Gasteiger partial charge on any atom is 0.251 e. The Bertz CT molecular complexity index is 588. The normalized spacial score (nSPS) is 10.9. The van der Waals surface area contributed by atoms with Gasteiger partial charge in [0.1, 0.15) is 5.82 Å². The summed E-state index contributed by atoms with van der Waals surface area (Å²) in [6, 6.07) is 4.44. The SMILES string of the molecule is CN=C(NCCCOCCOC)NCCNC(=O)c1ccc(C)c(F)c1.I. The lowest BCUT2D eigenvalue weighted by Crippen LogP contribution is -2.42. The molecular weight excluding hydrogens is 466 g/mol. The van der Waals surface area contributed by atoms with Gasteiger partial charge in [0.25, 0.3) is 5.91 Å². The number of methoxy groups -OCH3 is 1. The van der Waals surface area contributed by atoms with Crippen molar-refractivity contribution in [2.24, 2.45) is 4.99 Å². The summed E-state index contributed by atoms with van der Waals surface area (Å²) in [5.41, 5.74) is 0.825. The highest BCUT2D eigenvalue weighted by Gasteiger charge is 2.07. The Balaban J connectivity index is 0.00000676. The van der Waals surface area contributed by atoms with E-state index < -0.39 is 0 Å². The van der Waals surface area contributed by atoms with Crippen molar-refractivity contribution in [3.8, 4) is 0 Å². The third-order valence-corrected chi connectivity index (χ3v) is 3.55. The summed E-state index contributed by atoms with van der Waals surface area (Å²) in [6.45, 7) is 5.12. The van der Waals surface area contributed by atoms with E-state index in [1.54, 1.807) is 33.2 Å². The first kappa shape index (κ1) is 25.5. The van der Waals surface area contributed by atoms with Crippen LogP contribution >= 0.6 is 24.0 Å². The number of carbonyl (C=O) groups excluding carboxylic acids is 1. The van der Waals surface area contributed by atoms with Gasteiger partial charge in [-0.15, -0.1) is 24.0 Å². The number of ether oxygens (including phenoxy) is 2. The molecule has 0 aliphatic carbocycles. The van der Waals surface area contributed by atoms with Crippen LogP contribution in [-0.4, -0.2) is 65.5 Å². The van der Waals surface area contributed by atoms with E-state index >= 15 is 0 Å². The van der Waals surface area contributed by atoms with Gasteiger partial charge in [-0.3, -0.25) is 9.79 Å². The van der Waals surface area contributed by atoms with Gasteiger partial charge >= 0.3 is 0 Å². The quantitative estimate of drug-likeness (QED) is 0.188. The molecule has 1 rings (SSSR count). The molecule has 0 spiro atoms. The molecule has 1 aromatic rings. The van der Waals surface area contributed by atoms with E-state index in [1.807, 2.05) is 0 Å². The van der Waals surface area contributed by atoms with Crippen LogP contribution in [0, 0.1) is 12.7 Å². The van der Waals surface area contributed by atoms with Gasteiger partial charge in [0.2, 0.25) is 0 Å². The summed E-state index contributed by atoms with van der Waals surface area (Å²) >= 11 is 0. The number of hydrogen-bond donors (Lipinski definition) is 3. The van der Waals surface area contributed by atoms with Gasteiger partial charge in [0.05, 0.1) is 13.2 Å². The summed E-state index contributed by atoms with van der Waals surface area (Å²) in [4.78, 5) is 16.1. The first-order chi connectivity index (χ1) is 12.6. The molecule has 0 fully saturated rings. The number of hydrogen-bond acceptors (Lipinski definition) is 4. The Morgan fingerprint density at radius 1 is 1.11 bits per heavy atom. The van der Waals surface area contributed by atoms with E-state index in [9.17, 15) is 9.18 Å². The molecule has 1 amide bonds. The average molecular weight is 496 g/mol. The van der Waals surface area contributed by atoms with Crippen molar-refractivity contribution >= 4 is 35.8 Å². The van der Waals surface area contributed by atoms with Crippen LogP contribution in [0.25, 0.3) is 0 Å². The van der Waals surface area contributed by atoms with Gasteiger partial charge in [-0.1, -0.05) is 6.07 Å². The van der Waals surface area contributed by atoms with Crippen molar-refractivity contribution in [1.82, 2.24) is 16.0 Å². The average Bonchev–Trinajstić information content (AvgIpc) is 2.64. The summed E-state index contributed by atoms with van der Waals surface area (Å²) < 4.78 is 23.8. The third kappa shape index (κ3) is 11.1. The smallest absolute Gasteiger partial charge is 0.251 e. The molecule has 3 N–H and O–H groups in total. The number of rotatable bonds is 11. The van der Waals surface area contributed by atoms with Crippen LogP contribution in [0.5, 0.6) is 0 Å². The van der Waals surface area contributed by atoms with Gasteiger partial charge in [0.15, 0.2) is 5.96 Å². The van der Waals surface area contributed by atoms with Crippen molar-refractivity contribution in [2.45, 2.75) is 13.3 Å². The maximum absolute atomic E-state index is 13.5. The molecule has 0 bridgehead atoms. The topological polar surface area (TPSA) is 84.0 Å². The first-order valence-electron chi connectivity index (χ1n) is 8.64. The Kier molecular flexibility index (Phi) is 14.7. The number of halogens is 2. The number of aliphatic imine (C=N–C) groups is 1. The van der Waals surface area contributed by atoms with E-state index in [1.165, 1.54) is 6.07 Å². The van der Waals surface area contributed by atoms with E-state index in [-0.39, 0.29) is 35.7 Å². The molecule has 0 saturated heterocycles. The summed E-state index contributed by atoms with van der Waals surface area (Å²) in [6.07, 6.45) is 0.847. The summed E-state index contributed by atoms with van der Waals surface area (Å²) in [5.74, 6) is -0.0362. The lowest BCUT2D eigenvalue weighted by atomic mass is 10.1. The minimum Gasteiger partial charge on any atom is -0.382 e. The van der Waals surface area contributed by atoms with Crippen LogP contribution in [0.2, 0.25) is 0 Å². The molecule has 0 unspecified atom stereocenters. The van der Waals surface area contributed by atoms with Gasteiger partial charge in [-0.05, 0) is 31.0 Å². The Hall–Kier alpha value is -1.46. The lowest BCUT2D eigenvalue weighted by Gasteiger charge is -2.12. The van der Waals surface area contributed by atoms with E-state index in [4.69, 9.17) is 9.47 Å². The molecule has 0 heterocycles. The van der Waals surface area contributed by atoms with Gasteiger partial charge in [-0.2, -0.15) is 0 Å². The molecule has 1 aromatic carbocycles. The Morgan fingerprint density at radius 3 is 2.48 bits per heavy atom. The van der Waals surface area contributed by atoms with Crippen molar-refractivity contribution in [2.75, 3.05) is 53.6 Å². The fourth-order valence-corrected chi connectivity index (χ4v) is 2.04. The number of nitrogens with one attached hydrogen (secondary N) is 3. The van der Waals surface area contributed by atoms with Crippen molar-refractivity contribution < 1.29 is 18.7 Å². The second kappa shape index (κ2) is 15.6. The fraction of sp³-hybridized carbons (Fsp3) is 0.556. The number of aryl methyl sites for hydroxylation is 1. The molecule has 0 saturated carbocycles. The van der Waals surface area contributed by atoms with Crippen LogP contribution < -0.4 is 16.0 Å². The van der Waals surface area contributed by atoms with E-state index in [0.717, 1.165) is 13.0 Å². The molecule has 154 valence electrons. The maximum atomic E-state index is 13.5. The van der Waals surface area contributed by atoms with E-state index in [0.29, 0.717) is 50.0 Å². The summed E-state index contributed by atoms with van der Waals surface area (Å²) in [7, 11) is 3.32. The fourth-order valence-electron chi connectivity index (χ4n) is 2.04. The number of benzene rings is 1. The minimum atomic E-state index is -0.383. The van der Waals surface area contributed by atoms with Crippen LogP contribution in [0.4, 0.5) is 4.39 Å². The third-order valence-electron chi connectivity index (χ3n) is 3.55. The molecule has 0 aliphatic heterocycles. The van der Waals surface area contributed by atoms with Crippen LogP contribution in [-0.2, 0) is 9.47 Å². The first-order valence-corrected chi connectivity index (χ1v) is 8.64. The van der Waals surface area contributed by atoms with E-state index in [2.05, 4.69) is 20.9 Å².